The van der Waals surface area contributed by atoms with E-state index in [0.717, 1.165) is 86.8 Å². The van der Waals surface area contributed by atoms with E-state index in [2.05, 4.69) is 15.1 Å². The number of nitrogens with zero attached hydrogens (tertiary/aromatic N) is 3. The molecule has 0 unspecified atom stereocenters. The van der Waals surface area contributed by atoms with E-state index in [-0.39, 0.29) is 18.2 Å². The maximum absolute atomic E-state index is 12.2. The predicted octanol–water partition coefficient (Wildman–Crippen LogP) is 4.11. The van der Waals surface area contributed by atoms with E-state index in [1.54, 1.807) is 6.26 Å². The van der Waals surface area contributed by atoms with Gasteiger partial charge in [-0.25, -0.2) is 9.78 Å². The summed E-state index contributed by atoms with van der Waals surface area (Å²) in [4.78, 5) is 22.0. The number of rotatable bonds is 6. The van der Waals surface area contributed by atoms with Gasteiger partial charge >= 0.3 is 6.09 Å². The molecule has 1 amide bonds. The van der Waals surface area contributed by atoms with Gasteiger partial charge in [-0.3, -0.25) is 4.90 Å². The van der Waals surface area contributed by atoms with Gasteiger partial charge in [-0.1, -0.05) is 0 Å². The van der Waals surface area contributed by atoms with Gasteiger partial charge < -0.3 is 24.1 Å². The maximum Gasteiger partial charge on any atom is 0.407 e. The molecule has 0 spiro atoms. The lowest BCUT2D eigenvalue weighted by atomic mass is 9.84. The summed E-state index contributed by atoms with van der Waals surface area (Å²) in [7, 11) is 0. The van der Waals surface area contributed by atoms with E-state index in [4.69, 9.17) is 18.9 Å². The summed E-state index contributed by atoms with van der Waals surface area (Å²) in [5.74, 6) is 1.82. The SMILES string of the molecule is Cc1cc2occc2c(N2CCN(CC[C@H]3CC[C@H](NC(=O)OC4CCOCC4)CC3)CC2)n1. The third-order valence-electron chi connectivity index (χ3n) is 7.69. The second kappa shape index (κ2) is 11.0. The minimum Gasteiger partial charge on any atom is -0.464 e. The van der Waals surface area contributed by atoms with Crippen molar-refractivity contribution >= 4 is 22.9 Å². The van der Waals surface area contributed by atoms with Crippen molar-refractivity contribution in [2.45, 2.75) is 64.0 Å². The second-order valence-electron chi connectivity index (χ2n) is 10.1. The second-order valence-corrected chi connectivity index (χ2v) is 10.1. The molecule has 0 radical (unpaired) electrons. The highest BCUT2D eigenvalue weighted by molar-refractivity contribution is 5.89. The van der Waals surface area contributed by atoms with Crippen LogP contribution in [0, 0.1) is 12.8 Å². The highest BCUT2D eigenvalue weighted by Crippen LogP contribution is 2.29. The molecule has 8 nitrogen and oxygen atoms in total. The van der Waals surface area contributed by atoms with E-state index in [1.165, 1.54) is 19.3 Å². The normalized spacial score (nSPS) is 24.9. The third-order valence-corrected chi connectivity index (χ3v) is 7.69. The summed E-state index contributed by atoms with van der Waals surface area (Å²) >= 11 is 0. The van der Waals surface area contributed by atoms with Crippen molar-refractivity contribution in [1.29, 1.82) is 0 Å². The van der Waals surface area contributed by atoms with Crippen molar-refractivity contribution in [1.82, 2.24) is 15.2 Å². The van der Waals surface area contributed by atoms with E-state index >= 15 is 0 Å². The summed E-state index contributed by atoms with van der Waals surface area (Å²) < 4.78 is 16.5. The number of amides is 1. The summed E-state index contributed by atoms with van der Waals surface area (Å²) in [6, 6.07) is 4.29. The minimum absolute atomic E-state index is 0.0120. The van der Waals surface area contributed by atoms with Crippen molar-refractivity contribution in [2.75, 3.05) is 50.8 Å². The van der Waals surface area contributed by atoms with Gasteiger partial charge in [0.15, 0.2) is 0 Å². The Morgan fingerprint density at radius 1 is 1.12 bits per heavy atom. The van der Waals surface area contributed by atoms with Gasteiger partial charge in [0.05, 0.1) is 24.9 Å². The van der Waals surface area contributed by atoms with Crippen LogP contribution in [0.25, 0.3) is 11.0 Å². The van der Waals surface area contributed by atoms with Gasteiger partial charge in [0, 0.05) is 56.8 Å². The number of anilines is 1. The van der Waals surface area contributed by atoms with E-state index in [9.17, 15) is 4.79 Å². The van der Waals surface area contributed by atoms with Crippen LogP contribution in [0.1, 0.15) is 50.6 Å². The Balaban J connectivity index is 1.00. The molecule has 3 fully saturated rings. The van der Waals surface area contributed by atoms with Crippen LogP contribution in [0.3, 0.4) is 0 Å². The molecule has 8 heteroatoms. The molecule has 3 aliphatic rings. The molecule has 0 atom stereocenters. The van der Waals surface area contributed by atoms with Gasteiger partial charge in [-0.05, 0) is 57.6 Å². The van der Waals surface area contributed by atoms with E-state index in [1.807, 2.05) is 19.1 Å². The standard InChI is InChI=1S/C26H38N4O4/c1-19-18-24-23(9-17-33-24)25(27-19)30-13-11-29(12-14-30)10-6-20-2-4-21(5-3-20)28-26(31)34-22-7-15-32-16-8-22/h9,17-18,20-22H,2-8,10-16H2,1H3,(H,28,31)/t20-,21-. The maximum atomic E-state index is 12.2. The first-order valence-corrected chi connectivity index (χ1v) is 13.0. The average molecular weight is 471 g/mol. The fourth-order valence-corrected chi connectivity index (χ4v) is 5.60. The summed E-state index contributed by atoms with van der Waals surface area (Å²) in [5.41, 5.74) is 1.92. The quantitative estimate of drug-likeness (QED) is 0.680. The van der Waals surface area contributed by atoms with Crippen LogP contribution >= 0.6 is 0 Å². The van der Waals surface area contributed by atoms with Crippen LogP contribution in [0.2, 0.25) is 0 Å². The third kappa shape index (κ3) is 5.84. The van der Waals surface area contributed by atoms with Crippen LogP contribution in [0.4, 0.5) is 10.6 Å². The van der Waals surface area contributed by atoms with Crippen LogP contribution in [-0.4, -0.2) is 74.1 Å². The zero-order chi connectivity index (χ0) is 23.3. The van der Waals surface area contributed by atoms with Crippen molar-refractivity contribution in [3.05, 3.63) is 24.1 Å². The zero-order valence-electron chi connectivity index (χ0n) is 20.3. The molecular weight excluding hydrogens is 432 g/mol. The number of fused-ring (bicyclic) bond motifs is 1. The molecule has 0 aromatic carbocycles. The number of hydrogen-bond acceptors (Lipinski definition) is 7. The van der Waals surface area contributed by atoms with Gasteiger partial charge in [0.25, 0.3) is 0 Å². The molecule has 2 aliphatic heterocycles. The van der Waals surface area contributed by atoms with E-state index < -0.39 is 0 Å². The van der Waals surface area contributed by atoms with Crippen LogP contribution in [0.15, 0.2) is 22.8 Å². The molecule has 34 heavy (non-hydrogen) atoms. The number of piperazine rings is 1. The number of ether oxygens (including phenoxy) is 2. The number of hydrogen-bond donors (Lipinski definition) is 1. The predicted molar refractivity (Wildman–Crippen MR) is 131 cm³/mol. The Hall–Kier alpha value is -2.32. The minimum atomic E-state index is -0.246. The lowest BCUT2D eigenvalue weighted by molar-refractivity contribution is 0.000273. The molecule has 1 saturated carbocycles. The van der Waals surface area contributed by atoms with Gasteiger partial charge in [-0.15, -0.1) is 0 Å². The molecule has 5 rings (SSSR count). The van der Waals surface area contributed by atoms with Crippen LogP contribution in [0.5, 0.6) is 0 Å². The van der Waals surface area contributed by atoms with Gasteiger partial charge in [0.2, 0.25) is 0 Å². The first kappa shape index (κ1) is 23.4. The summed E-state index contributed by atoms with van der Waals surface area (Å²) in [6.07, 6.45) is 8.87. The van der Waals surface area contributed by atoms with Gasteiger partial charge in [0.1, 0.15) is 17.5 Å². The Bertz CT molecular complexity index is 941. The Morgan fingerprint density at radius 3 is 2.65 bits per heavy atom. The molecule has 2 aromatic heterocycles. The lowest BCUT2D eigenvalue weighted by Gasteiger charge is -2.37. The molecule has 186 valence electrons. The molecular formula is C26H38N4O4. The topological polar surface area (TPSA) is 80.1 Å². The highest BCUT2D eigenvalue weighted by Gasteiger charge is 2.26. The molecule has 2 aromatic rings. The average Bonchev–Trinajstić information content (AvgIpc) is 3.32. The fourth-order valence-electron chi connectivity index (χ4n) is 5.60. The Kier molecular flexibility index (Phi) is 7.54. The number of carbonyl (C=O) groups is 1. The highest BCUT2D eigenvalue weighted by atomic mass is 16.6. The summed E-state index contributed by atoms with van der Waals surface area (Å²) in [6.45, 7) is 8.72. The Labute approximate surface area is 202 Å². The van der Waals surface area contributed by atoms with Crippen LogP contribution in [-0.2, 0) is 9.47 Å². The molecule has 2 saturated heterocycles. The van der Waals surface area contributed by atoms with Crippen molar-refractivity contribution in [2.24, 2.45) is 5.92 Å². The number of furan rings is 1. The van der Waals surface area contributed by atoms with Crippen molar-refractivity contribution in [3.8, 4) is 0 Å². The number of alkyl carbamates (subject to hydrolysis) is 1. The molecule has 4 heterocycles. The number of nitrogens with one attached hydrogen (secondary N) is 1. The van der Waals surface area contributed by atoms with Crippen LogP contribution < -0.4 is 10.2 Å². The first-order valence-electron chi connectivity index (χ1n) is 13.0. The van der Waals surface area contributed by atoms with E-state index in [0.29, 0.717) is 13.2 Å². The first-order chi connectivity index (χ1) is 16.6. The summed E-state index contributed by atoms with van der Waals surface area (Å²) in [5, 5.41) is 4.21. The largest absolute Gasteiger partial charge is 0.464 e. The smallest absolute Gasteiger partial charge is 0.407 e. The number of aromatic nitrogens is 1. The molecule has 1 aliphatic carbocycles. The number of carbonyl (C=O) groups excluding carboxylic acids is 1. The Morgan fingerprint density at radius 2 is 1.88 bits per heavy atom. The fraction of sp³-hybridized carbons (Fsp3) is 0.692. The molecule has 0 bridgehead atoms. The van der Waals surface area contributed by atoms with Crippen molar-refractivity contribution < 1.29 is 18.7 Å². The number of aryl methyl sites for hydroxylation is 1. The monoisotopic (exact) mass is 470 g/mol. The van der Waals surface area contributed by atoms with Gasteiger partial charge in [-0.2, -0.15) is 0 Å². The number of pyridine rings is 1. The van der Waals surface area contributed by atoms with Crippen molar-refractivity contribution in [3.63, 3.8) is 0 Å². The lowest BCUT2D eigenvalue weighted by Crippen LogP contribution is -2.47. The zero-order valence-corrected chi connectivity index (χ0v) is 20.3. The molecule has 1 N–H and O–H groups in total.